The molecule has 60 valence electrons. The molecule has 0 aliphatic heterocycles. The van der Waals surface area contributed by atoms with Gasteiger partial charge in [0.25, 0.3) is 0 Å². The smallest absolute Gasteiger partial charge is 0.0869 e. The molecular formula is C5H18IN2S+. The summed E-state index contributed by atoms with van der Waals surface area (Å²) in [5, 5.41) is 0. The zero-order chi connectivity index (χ0) is 5.91. The largest absolute Gasteiger partial charge is 0.344 e. The van der Waals surface area contributed by atoms with Gasteiger partial charge in [0.05, 0.1) is 27.7 Å². The zero-order valence-corrected chi connectivity index (χ0v) is 9.65. The summed E-state index contributed by atoms with van der Waals surface area (Å²) < 4.78 is 1.02. The zero-order valence-electron chi connectivity index (χ0n) is 6.42. The molecule has 0 aromatic heterocycles. The Labute approximate surface area is 80.6 Å². The molecule has 0 atom stereocenters. The van der Waals surface area contributed by atoms with Gasteiger partial charge >= 0.3 is 0 Å². The number of nitrogens with zero attached hydrogens (tertiary/aromatic N) is 1. The summed E-state index contributed by atoms with van der Waals surface area (Å²) in [5.74, 6) is 0.976. The van der Waals surface area contributed by atoms with E-state index in [1.165, 1.54) is 0 Å². The van der Waals surface area contributed by atoms with Crippen LogP contribution in [0.2, 0.25) is 0 Å². The van der Waals surface area contributed by atoms with Crippen molar-refractivity contribution in [1.82, 2.24) is 6.15 Å². The van der Waals surface area contributed by atoms with Crippen LogP contribution in [0.15, 0.2) is 0 Å². The molecule has 0 unspecified atom stereocenters. The molecule has 0 radical (unpaired) electrons. The fourth-order valence-electron chi connectivity index (χ4n) is 0.300. The number of halogens is 1. The number of hydrogen-bond acceptors (Lipinski definition) is 2. The van der Waals surface area contributed by atoms with E-state index in [4.69, 9.17) is 0 Å². The van der Waals surface area contributed by atoms with E-state index in [0.717, 1.165) is 16.8 Å². The van der Waals surface area contributed by atoms with E-state index in [9.17, 15) is 0 Å². The van der Waals surface area contributed by atoms with Crippen LogP contribution < -0.4 is 6.15 Å². The monoisotopic (exact) mass is 265 g/mol. The Balaban J connectivity index is -0.000000180. The molecule has 0 saturated heterocycles. The van der Waals surface area contributed by atoms with E-state index < -0.39 is 0 Å². The van der Waals surface area contributed by atoms with Gasteiger partial charge in [0.2, 0.25) is 0 Å². The first-order valence-corrected chi connectivity index (χ1v) is 3.11. The van der Waals surface area contributed by atoms with Crippen molar-refractivity contribution in [3.05, 3.63) is 0 Å². The van der Waals surface area contributed by atoms with Gasteiger partial charge in [0.15, 0.2) is 0 Å². The van der Waals surface area contributed by atoms with Gasteiger partial charge in [-0.05, 0) is 0 Å². The first-order chi connectivity index (χ1) is 3.06. The Morgan fingerprint density at radius 1 is 1.22 bits per heavy atom. The van der Waals surface area contributed by atoms with Gasteiger partial charge in [-0.25, -0.2) is 0 Å². The van der Waals surface area contributed by atoms with Crippen molar-refractivity contribution in [3.63, 3.8) is 0 Å². The summed E-state index contributed by atoms with van der Waals surface area (Å²) in [6.45, 7) is 1.14. The van der Waals surface area contributed by atoms with Crippen molar-refractivity contribution < 1.29 is 4.48 Å². The molecule has 3 N–H and O–H groups in total. The fourth-order valence-corrected chi connectivity index (χ4v) is 0.900. The van der Waals surface area contributed by atoms with Crippen molar-refractivity contribution >= 4 is 36.6 Å². The topological polar surface area (TPSA) is 35.0 Å². The number of quaternary nitrogens is 1. The van der Waals surface area contributed by atoms with Gasteiger partial charge in [-0.3, -0.25) is 0 Å². The lowest BCUT2D eigenvalue weighted by molar-refractivity contribution is -0.867. The predicted molar refractivity (Wildman–Crippen MR) is 57.2 cm³/mol. The van der Waals surface area contributed by atoms with Crippen molar-refractivity contribution in [2.75, 3.05) is 33.4 Å². The van der Waals surface area contributed by atoms with Gasteiger partial charge in [0, 0.05) is 5.75 Å². The van der Waals surface area contributed by atoms with Crippen molar-refractivity contribution in [2.45, 2.75) is 0 Å². The van der Waals surface area contributed by atoms with Gasteiger partial charge in [-0.15, -0.1) is 24.0 Å². The lowest BCUT2D eigenvalue weighted by Gasteiger charge is -2.22. The summed E-state index contributed by atoms with van der Waals surface area (Å²) in [6, 6.07) is 0. The van der Waals surface area contributed by atoms with Crippen LogP contribution in [0.25, 0.3) is 0 Å². The molecule has 0 amide bonds. The summed E-state index contributed by atoms with van der Waals surface area (Å²) in [6.07, 6.45) is 0. The first-order valence-electron chi connectivity index (χ1n) is 2.47. The number of thiol groups is 1. The average molecular weight is 265 g/mol. The van der Waals surface area contributed by atoms with E-state index in [1.54, 1.807) is 0 Å². The normalized spacial score (nSPS) is 9.33. The molecule has 0 aliphatic rings. The Kier molecular flexibility index (Phi) is 13.1. The molecule has 4 heteroatoms. The van der Waals surface area contributed by atoms with Gasteiger partial charge in [-0.1, -0.05) is 0 Å². The summed E-state index contributed by atoms with van der Waals surface area (Å²) >= 11 is 4.10. The first kappa shape index (κ1) is 16.5. The lowest BCUT2D eigenvalue weighted by atomic mass is 10.6. The van der Waals surface area contributed by atoms with Crippen molar-refractivity contribution in [1.29, 1.82) is 0 Å². The van der Waals surface area contributed by atoms with Crippen LogP contribution >= 0.6 is 36.6 Å². The third-order valence-corrected chi connectivity index (χ3v) is 0.971. The van der Waals surface area contributed by atoms with E-state index in [2.05, 4.69) is 33.8 Å². The second kappa shape index (κ2) is 7.11. The molecule has 0 heterocycles. The van der Waals surface area contributed by atoms with E-state index in [1.807, 2.05) is 0 Å². The molecule has 0 rings (SSSR count). The van der Waals surface area contributed by atoms with Crippen LogP contribution in [-0.2, 0) is 0 Å². The molecule has 0 aromatic carbocycles. The molecule has 0 fully saturated rings. The highest BCUT2D eigenvalue weighted by molar-refractivity contribution is 14.0. The molecule has 0 saturated carbocycles. The Morgan fingerprint density at radius 2 is 1.56 bits per heavy atom. The molecule has 9 heavy (non-hydrogen) atoms. The predicted octanol–water partition coefficient (Wildman–Crippen LogP) is 1.40. The van der Waals surface area contributed by atoms with Crippen molar-refractivity contribution in [3.8, 4) is 0 Å². The minimum Gasteiger partial charge on any atom is -0.344 e. The summed E-state index contributed by atoms with van der Waals surface area (Å²) in [5.41, 5.74) is 0. The SMILES string of the molecule is C[N+](C)(C)CCS.I.N. The maximum atomic E-state index is 4.10. The molecule has 0 spiro atoms. The maximum Gasteiger partial charge on any atom is 0.0869 e. The lowest BCUT2D eigenvalue weighted by Crippen LogP contribution is -2.36. The molecule has 0 aliphatic carbocycles. The van der Waals surface area contributed by atoms with E-state index in [-0.39, 0.29) is 30.1 Å². The minimum absolute atomic E-state index is 0. The van der Waals surface area contributed by atoms with Crippen LogP contribution in [0.3, 0.4) is 0 Å². The molecule has 0 aromatic rings. The summed E-state index contributed by atoms with van der Waals surface area (Å²) in [4.78, 5) is 0. The van der Waals surface area contributed by atoms with Crippen molar-refractivity contribution in [2.24, 2.45) is 0 Å². The minimum atomic E-state index is 0. The maximum absolute atomic E-state index is 4.10. The quantitative estimate of drug-likeness (QED) is 0.442. The Bertz CT molecular complexity index is 53.4. The van der Waals surface area contributed by atoms with Gasteiger partial charge < -0.3 is 10.6 Å². The highest BCUT2D eigenvalue weighted by Crippen LogP contribution is 1.88. The van der Waals surface area contributed by atoms with Crippen LogP contribution in [0.4, 0.5) is 0 Å². The van der Waals surface area contributed by atoms with E-state index >= 15 is 0 Å². The highest BCUT2D eigenvalue weighted by Gasteiger charge is 2.01. The third kappa shape index (κ3) is 17.6. The second-order valence-corrected chi connectivity index (χ2v) is 3.18. The van der Waals surface area contributed by atoms with Gasteiger partial charge in [-0.2, -0.15) is 12.6 Å². The molecule has 2 nitrogen and oxygen atoms in total. The highest BCUT2D eigenvalue weighted by atomic mass is 127. The average Bonchev–Trinajstić information content (AvgIpc) is 1.30. The molecule has 0 bridgehead atoms. The molecular weight excluding hydrogens is 247 g/mol. The van der Waals surface area contributed by atoms with Crippen LogP contribution in [0, 0.1) is 0 Å². The number of hydrogen-bond donors (Lipinski definition) is 2. The third-order valence-electron chi connectivity index (χ3n) is 0.771. The second-order valence-electron chi connectivity index (χ2n) is 2.74. The van der Waals surface area contributed by atoms with Crippen LogP contribution in [0.5, 0.6) is 0 Å². The Morgan fingerprint density at radius 3 is 1.56 bits per heavy atom. The standard InChI is InChI=1S/C5H13NS.HI.H3N/c1-6(2,3)4-5-7;;/h4-5H2,1-3H3;1H;1H3/p+1. The van der Waals surface area contributed by atoms with Gasteiger partial charge in [0.1, 0.15) is 0 Å². The number of rotatable bonds is 2. The van der Waals surface area contributed by atoms with Crippen LogP contribution in [0.1, 0.15) is 0 Å². The van der Waals surface area contributed by atoms with Crippen LogP contribution in [-0.4, -0.2) is 37.9 Å². The summed E-state index contributed by atoms with van der Waals surface area (Å²) in [7, 11) is 6.49. The van der Waals surface area contributed by atoms with E-state index in [0.29, 0.717) is 0 Å². The fraction of sp³-hybridized carbons (Fsp3) is 1.00. The Hall–Kier alpha value is 1.00.